The van der Waals surface area contributed by atoms with Crippen LogP contribution in [0.5, 0.6) is 0 Å². The molecule has 0 amide bonds. The SMILES string of the molecule is CCC(c1ccc(C)cc1)C1CCNC1. The third-order valence-electron chi connectivity index (χ3n) is 3.61. The Labute approximate surface area is 92.9 Å². The minimum atomic E-state index is 0.751. The molecular weight excluding hydrogens is 182 g/mol. The predicted octanol–water partition coefficient (Wildman–Crippen LogP) is 3.10. The van der Waals surface area contributed by atoms with Gasteiger partial charge in [-0.15, -0.1) is 0 Å². The van der Waals surface area contributed by atoms with Crippen LogP contribution in [-0.2, 0) is 0 Å². The van der Waals surface area contributed by atoms with Crippen LogP contribution < -0.4 is 5.32 Å². The van der Waals surface area contributed by atoms with Gasteiger partial charge in [0, 0.05) is 0 Å². The summed E-state index contributed by atoms with van der Waals surface area (Å²) < 4.78 is 0. The highest BCUT2D eigenvalue weighted by Crippen LogP contribution is 2.31. The second-order valence-electron chi connectivity index (χ2n) is 4.68. The lowest BCUT2D eigenvalue weighted by Gasteiger charge is -2.22. The van der Waals surface area contributed by atoms with Crippen molar-refractivity contribution in [1.29, 1.82) is 0 Å². The van der Waals surface area contributed by atoms with Crippen LogP contribution in [0.4, 0.5) is 0 Å². The minimum Gasteiger partial charge on any atom is -0.316 e. The fourth-order valence-corrected chi connectivity index (χ4v) is 2.68. The zero-order valence-corrected chi connectivity index (χ0v) is 9.79. The highest BCUT2D eigenvalue weighted by Gasteiger charge is 2.24. The Morgan fingerprint density at radius 2 is 2.07 bits per heavy atom. The summed E-state index contributed by atoms with van der Waals surface area (Å²) in [7, 11) is 0. The summed E-state index contributed by atoms with van der Waals surface area (Å²) >= 11 is 0. The predicted molar refractivity (Wildman–Crippen MR) is 65.2 cm³/mol. The molecule has 1 aliphatic heterocycles. The standard InChI is InChI=1S/C14H21N/c1-3-14(13-8-9-15-10-13)12-6-4-11(2)5-7-12/h4-7,13-15H,3,8-10H2,1-2H3. The van der Waals surface area contributed by atoms with Gasteiger partial charge in [-0.05, 0) is 50.3 Å². The molecule has 1 heterocycles. The van der Waals surface area contributed by atoms with Crippen LogP contribution >= 0.6 is 0 Å². The minimum absolute atomic E-state index is 0.751. The molecule has 1 aliphatic rings. The van der Waals surface area contributed by atoms with Gasteiger partial charge in [-0.1, -0.05) is 36.8 Å². The molecule has 1 aromatic carbocycles. The molecule has 15 heavy (non-hydrogen) atoms. The van der Waals surface area contributed by atoms with Crippen LogP contribution in [0.2, 0.25) is 0 Å². The summed E-state index contributed by atoms with van der Waals surface area (Å²) in [4.78, 5) is 0. The molecule has 2 atom stereocenters. The van der Waals surface area contributed by atoms with Gasteiger partial charge < -0.3 is 5.32 Å². The van der Waals surface area contributed by atoms with E-state index >= 15 is 0 Å². The quantitative estimate of drug-likeness (QED) is 0.796. The Morgan fingerprint density at radius 3 is 2.60 bits per heavy atom. The molecule has 2 rings (SSSR count). The molecule has 0 saturated carbocycles. The van der Waals surface area contributed by atoms with E-state index in [2.05, 4.69) is 43.4 Å². The van der Waals surface area contributed by atoms with Crippen molar-refractivity contribution in [1.82, 2.24) is 5.32 Å². The van der Waals surface area contributed by atoms with Crippen molar-refractivity contribution >= 4 is 0 Å². The summed E-state index contributed by atoms with van der Waals surface area (Å²) in [5.74, 6) is 1.60. The summed E-state index contributed by atoms with van der Waals surface area (Å²) in [5, 5.41) is 3.47. The highest BCUT2D eigenvalue weighted by atomic mass is 14.9. The van der Waals surface area contributed by atoms with E-state index in [4.69, 9.17) is 0 Å². The largest absolute Gasteiger partial charge is 0.316 e. The molecule has 1 fully saturated rings. The first-order valence-electron chi connectivity index (χ1n) is 6.08. The third-order valence-corrected chi connectivity index (χ3v) is 3.61. The van der Waals surface area contributed by atoms with Gasteiger partial charge in [-0.2, -0.15) is 0 Å². The topological polar surface area (TPSA) is 12.0 Å². The first-order valence-corrected chi connectivity index (χ1v) is 6.08. The van der Waals surface area contributed by atoms with E-state index in [-0.39, 0.29) is 0 Å². The molecular formula is C14H21N. The van der Waals surface area contributed by atoms with Crippen LogP contribution in [-0.4, -0.2) is 13.1 Å². The molecule has 0 bridgehead atoms. The van der Waals surface area contributed by atoms with E-state index in [9.17, 15) is 0 Å². The van der Waals surface area contributed by atoms with Gasteiger partial charge in [0.1, 0.15) is 0 Å². The van der Waals surface area contributed by atoms with E-state index in [1.54, 1.807) is 0 Å². The number of rotatable bonds is 3. The monoisotopic (exact) mass is 203 g/mol. The number of hydrogen-bond acceptors (Lipinski definition) is 1. The van der Waals surface area contributed by atoms with Gasteiger partial charge in [-0.3, -0.25) is 0 Å². The Bertz CT molecular complexity index is 296. The molecule has 1 N–H and O–H groups in total. The molecule has 1 aromatic rings. The van der Waals surface area contributed by atoms with Crippen molar-refractivity contribution in [3.63, 3.8) is 0 Å². The summed E-state index contributed by atoms with van der Waals surface area (Å²) in [6.07, 6.45) is 2.60. The molecule has 0 aromatic heterocycles. The molecule has 1 saturated heterocycles. The average Bonchev–Trinajstić information content (AvgIpc) is 2.75. The third kappa shape index (κ3) is 2.40. The van der Waals surface area contributed by atoms with Crippen LogP contribution in [0.1, 0.15) is 36.8 Å². The Morgan fingerprint density at radius 1 is 1.33 bits per heavy atom. The number of hydrogen-bond donors (Lipinski definition) is 1. The molecule has 1 nitrogen and oxygen atoms in total. The van der Waals surface area contributed by atoms with E-state index in [0.717, 1.165) is 11.8 Å². The Kier molecular flexibility index (Phi) is 3.42. The maximum atomic E-state index is 3.47. The first-order chi connectivity index (χ1) is 7.31. The lowest BCUT2D eigenvalue weighted by Crippen LogP contribution is -2.16. The lowest BCUT2D eigenvalue weighted by atomic mass is 9.83. The van der Waals surface area contributed by atoms with Crippen molar-refractivity contribution in [2.24, 2.45) is 5.92 Å². The number of aryl methyl sites for hydroxylation is 1. The lowest BCUT2D eigenvalue weighted by molar-refractivity contribution is 0.446. The van der Waals surface area contributed by atoms with Gasteiger partial charge in [0.2, 0.25) is 0 Å². The molecule has 0 radical (unpaired) electrons. The van der Waals surface area contributed by atoms with Crippen molar-refractivity contribution < 1.29 is 0 Å². The molecule has 0 aliphatic carbocycles. The smallest absolute Gasteiger partial charge is 0.00142 e. The van der Waals surface area contributed by atoms with Crippen molar-refractivity contribution in [3.8, 4) is 0 Å². The summed E-state index contributed by atoms with van der Waals surface area (Å²) in [6, 6.07) is 9.09. The van der Waals surface area contributed by atoms with E-state index < -0.39 is 0 Å². The zero-order valence-electron chi connectivity index (χ0n) is 9.79. The Hall–Kier alpha value is -0.820. The fourth-order valence-electron chi connectivity index (χ4n) is 2.68. The summed E-state index contributed by atoms with van der Waals surface area (Å²) in [6.45, 7) is 6.87. The maximum Gasteiger partial charge on any atom is -0.00142 e. The van der Waals surface area contributed by atoms with Crippen LogP contribution in [0, 0.1) is 12.8 Å². The van der Waals surface area contributed by atoms with Gasteiger partial charge in [-0.25, -0.2) is 0 Å². The van der Waals surface area contributed by atoms with E-state index in [1.807, 2.05) is 0 Å². The Balaban J connectivity index is 2.14. The van der Waals surface area contributed by atoms with Crippen molar-refractivity contribution in [3.05, 3.63) is 35.4 Å². The first kappa shape index (κ1) is 10.7. The number of nitrogens with one attached hydrogen (secondary N) is 1. The normalized spacial score (nSPS) is 22.9. The molecule has 2 unspecified atom stereocenters. The van der Waals surface area contributed by atoms with Crippen LogP contribution in [0.25, 0.3) is 0 Å². The van der Waals surface area contributed by atoms with Crippen LogP contribution in [0.15, 0.2) is 24.3 Å². The highest BCUT2D eigenvalue weighted by molar-refractivity contribution is 5.25. The average molecular weight is 203 g/mol. The second kappa shape index (κ2) is 4.80. The zero-order chi connectivity index (χ0) is 10.7. The number of benzene rings is 1. The summed E-state index contributed by atoms with van der Waals surface area (Å²) in [5.41, 5.74) is 2.88. The van der Waals surface area contributed by atoms with Gasteiger partial charge >= 0.3 is 0 Å². The van der Waals surface area contributed by atoms with E-state index in [0.29, 0.717) is 0 Å². The van der Waals surface area contributed by atoms with Gasteiger partial charge in [0.05, 0.1) is 0 Å². The van der Waals surface area contributed by atoms with Crippen LogP contribution in [0.3, 0.4) is 0 Å². The van der Waals surface area contributed by atoms with Gasteiger partial charge in [0.25, 0.3) is 0 Å². The van der Waals surface area contributed by atoms with E-state index in [1.165, 1.54) is 37.1 Å². The van der Waals surface area contributed by atoms with Crippen molar-refractivity contribution in [2.45, 2.75) is 32.6 Å². The maximum absolute atomic E-state index is 3.47. The molecule has 82 valence electrons. The molecule has 1 heteroatoms. The second-order valence-corrected chi connectivity index (χ2v) is 4.68. The van der Waals surface area contributed by atoms with Crippen molar-refractivity contribution in [2.75, 3.05) is 13.1 Å². The fraction of sp³-hybridized carbons (Fsp3) is 0.571. The van der Waals surface area contributed by atoms with Gasteiger partial charge in [0.15, 0.2) is 0 Å². The molecule has 0 spiro atoms.